The Hall–Kier alpha value is -1.32. The summed E-state index contributed by atoms with van der Waals surface area (Å²) in [4.78, 5) is 24.1. The van der Waals surface area contributed by atoms with Crippen LogP contribution in [0.2, 0.25) is 0 Å². The third-order valence-corrected chi connectivity index (χ3v) is 5.91. The highest BCUT2D eigenvalue weighted by Gasteiger charge is 2.35. The zero-order chi connectivity index (χ0) is 21.5. The van der Waals surface area contributed by atoms with E-state index in [-0.39, 0.29) is 12.1 Å². The van der Waals surface area contributed by atoms with Gasteiger partial charge in [0, 0.05) is 0 Å². The fraction of sp³-hybridized carbons (Fsp3) is 0.840. The van der Waals surface area contributed by atoms with Crippen LogP contribution < -0.4 is 0 Å². The van der Waals surface area contributed by atoms with Gasteiger partial charge in [-0.15, -0.1) is 0 Å². The number of carbonyl (C=O) groups is 2. The third-order valence-electron chi connectivity index (χ3n) is 5.91. The molecule has 4 nitrogen and oxygen atoms in total. The van der Waals surface area contributed by atoms with Gasteiger partial charge in [-0.2, -0.15) is 0 Å². The van der Waals surface area contributed by atoms with E-state index in [4.69, 9.17) is 4.74 Å². The van der Waals surface area contributed by atoms with E-state index in [1.165, 1.54) is 57.8 Å². The highest BCUT2D eigenvalue weighted by atomic mass is 16.5. The second-order valence-corrected chi connectivity index (χ2v) is 9.14. The molecular formula is C25H44O4. The normalized spacial score (nSPS) is 20.0. The van der Waals surface area contributed by atoms with Crippen LogP contribution in [0.4, 0.5) is 0 Å². The first-order chi connectivity index (χ1) is 14.0. The average molecular weight is 409 g/mol. The molecule has 0 aliphatic heterocycles. The monoisotopic (exact) mass is 408 g/mol. The van der Waals surface area contributed by atoms with Gasteiger partial charge in [0.25, 0.3) is 0 Å². The minimum absolute atomic E-state index is 0.0960. The summed E-state index contributed by atoms with van der Waals surface area (Å²) in [7, 11) is 0. The molecule has 0 saturated carbocycles. The van der Waals surface area contributed by atoms with Crippen molar-refractivity contribution in [2.75, 3.05) is 0 Å². The first-order valence-corrected chi connectivity index (χ1v) is 12.1. The molecule has 1 N–H and O–H groups in total. The number of carboxylic acids is 1. The Morgan fingerprint density at radius 3 is 2.14 bits per heavy atom. The quantitative estimate of drug-likeness (QED) is 0.171. The number of ether oxygens (including phenoxy) is 1. The largest absolute Gasteiger partial charge is 0.481 e. The van der Waals surface area contributed by atoms with Gasteiger partial charge in [0.1, 0.15) is 6.10 Å². The van der Waals surface area contributed by atoms with Crippen LogP contribution in [0.1, 0.15) is 111 Å². The van der Waals surface area contributed by atoms with Gasteiger partial charge in [-0.05, 0) is 38.0 Å². The summed E-state index contributed by atoms with van der Waals surface area (Å²) in [5.41, 5.74) is 0. The predicted molar refractivity (Wildman–Crippen MR) is 119 cm³/mol. The van der Waals surface area contributed by atoms with Crippen molar-refractivity contribution < 1.29 is 19.4 Å². The SMILES string of the molecule is CCCCCCCCCCCCC(CC(C)C)OC(=O)C1C=CCCC1C(=O)O. The molecule has 1 aliphatic rings. The number of allylic oxidation sites excluding steroid dienone is 1. The smallest absolute Gasteiger partial charge is 0.313 e. The minimum Gasteiger partial charge on any atom is -0.481 e. The van der Waals surface area contributed by atoms with Crippen molar-refractivity contribution in [3.05, 3.63) is 12.2 Å². The number of carbonyl (C=O) groups excluding carboxylic acids is 1. The lowest BCUT2D eigenvalue weighted by Crippen LogP contribution is -2.34. The van der Waals surface area contributed by atoms with Crippen LogP contribution in [0, 0.1) is 17.8 Å². The number of esters is 1. The van der Waals surface area contributed by atoms with E-state index in [9.17, 15) is 14.7 Å². The molecule has 1 aliphatic carbocycles. The summed E-state index contributed by atoms with van der Waals surface area (Å²) in [6.07, 6.45) is 19.4. The molecule has 0 aromatic heterocycles. The molecule has 29 heavy (non-hydrogen) atoms. The van der Waals surface area contributed by atoms with Gasteiger partial charge in [0.2, 0.25) is 0 Å². The van der Waals surface area contributed by atoms with Crippen molar-refractivity contribution >= 4 is 11.9 Å². The molecule has 3 unspecified atom stereocenters. The minimum atomic E-state index is -0.897. The molecular weight excluding hydrogens is 364 g/mol. The zero-order valence-electron chi connectivity index (χ0n) is 19.0. The van der Waals surface area contributed by atoms with Gasteiger partial charge in [-0.25, -0.2) is 0 Å². The lowest BCUT2D eigenvalue weighted by Gasteiger charge is -2.26. The van der Waals surface area contributed by atoms with Crippen molar-refractivity contribution in [3.8, 4) is 0 Å². The summed E-state index contributed by atoms with van der Waals surface area (Å²) in [6.45, 7) is 6.53. The highest BCUT2D eigenvalue weighted by molar-refractivity contribution is 5.83. The van der Waals surface area contributed by atoms with Crippen LogP contribution in [0.25, 0.3) is 0 Å². The molecule has 1 rings (SSSR count). The van der Waals surface area contributed by atoms with Gasteiger partial charge in [0.05, 0.1) is 11.8 Å². The number of hydrogen-bond donors (Lipinski definition) is 1. The maximum atomic E-state index is 12.7. The van der Waals surface area contributed by atoms with Gasteiger partial charge in [-0.3, -0.25) is 9.59 Å². The van der Waals surface area contributed by atoms with Crippen LogP contribution in [-0.4, -0.2) is 23.1 Å². The van der Waals surface area contributed by atoms with Crippen LogP contribution in [-0.2, 0) is 14.3 Å². The van der Waals surface area contributed by atoms with Crippen molar-refractivity contribution in [1.29, 1.82) is 0 Å². The summed E-state index contributed by atoms with van der Waals surface area (Å²) in [5, 5.41) is 9.40. The van der Waals surface area contributed by atoms with Crippen LogP contribution in [0.15, 0.2) is 12.2 Å². The lowest BCUT2D eigenvalue weighted by atomic mass is 9.84. The molecule has 0 amide bonds. The molecule has 0 aromatic carbocycles. The number of hydrogen-bond acceptors (Lipinski definition) is 3. The Kier molecular flexibility index (Phi) is 13.8. The van der Waals surface area contributed by atoms with Crippen molar-refractivity contribution in [3.63, 3.8) is 0 Å². The standard InChI is InChI=1S/C25H44O4/c1-4-5-6-7-8-9-10-11-12-13-16-21(19-20(2)3)29-25(28)23-18-15-14-17-22(23)24(26)27/h15,18,20-23H,4-14,16-17,19H2,1-3H3,(H,26,27). The maximum absolute atomic E-state index is 12.7. The average Bonchev–Trinajstić information content (AvgIpc) is 2.68. The summed E-state index contributed by atoms with van der Waals surface area (Å²) in [5.74, 6) is -2.08. The molecule has 0 spiro atoms. The fourth-order valence-corrected chi connectivity index (χ4v) is 4.21. The van der Waals surface area contributed by atoms with E-state index >= 15 is 0 Å². The van der Waals surface area contributed by atoms with Crippen molar-refractivity contribution in [2.45, 2.75) is 117 Å². The number of rotatable bonds is 16. The van der Waals surface area contributed by atoms with Crippen LogP contribution >= 0.6 is 0 Å². The number of unbranched alkanes of at least 4 members (excludes halogenated alkanes) is 9. The van der Waals surface area contributed by atoms with Crippen LogP contribution in [0.3, 0.4) is 0 Å². The molecule has 168 valence electrons. The summed E-state index contributed by atoms with van der Waals surface area (Å²) >= 11 is 0. The van der Waals surface area contributed by atoms with E-state index in [1.54, 1.807) is 6.08 Å². The van der Waals surface area contributed by atoms with Gasteiger partial charge < -0.3 is 9.84 Å². The molecule has 0 radical (unpaired) electrons. The van der Waals surface area contributed by atoms with E-state index in [0.717, 1.165) is 25.7 Å². The number of carboxylic acid groups (broad SMARTS) is 1. The van der Waals surface area contributed by atoms with Gasteiger partial charge in [0.15, 0.2) is 0 Å². The highest BCUT2D eigenvalue weighted by Crippen LogP contribution is 2.28. The van der Waals surface area contributed by atoms with Gasteiger partial charge in [-0.1, -0.05) is 90.7 Å². The van der Waals surface area contributed by atoms with E-state index in [0.29, 0.717) is 12.3 Å². The molecule has 0 fully saturated rings. The Morgan fingerprint density at radius 1 is 1.00 bits per heavy atom. The molecule has 4 heteroatoms. The second kappa shape index (κ2) is 15.5. The summed E-state index contributed by atoms with van der Waals surface area (Å²) < 4.78 is 5.81. The van der Waals surface area contributed by atoms with E-state index < -0.39 is 17.8 Å². The van der Waals surface area contributed by atoms with Crippen molar-refractivity contribution in [1.82, 2.24) is 0 Å². The number of aliphatic carboxylic acids is 1. The molecule has 0 heterocycles. The van der Waals surface area contributed by atoms with Crippen LogP contribution in [0.5, 0.6) is 0 Å². The fourth-order valence-electron chi connectivity index (χ4n) is 4.21. The maximum Gasteiger partial charge on any atom is 0.313 e. The third kappa shape index (κ3) is 11.4. The molecule has 0 bridgehead atoms. The second-order valence-electron chi connectivity index (χ2n) is 9.14. The van der Waals surface area contributed by atoms with Crippen molar-refractivity contribution in [2.24, 2.45) is 17.8 Å². The molecule has 0 saturated heterocycles. The Morgan fingerprint density at radius 2 is 1.59 bits per heavy atom. The summed E-state index contributed by atoms with van der Waals surface area (Å²) in [6, 6.07) is 0. The molecule has 3 atom stereocenters. The first kappa shape index (κ1) is 25.7. The van der Waals surface area contributed by atoms with E-state index in [1.807, 2.05) is 6.08 Å². The zero-order valence-corrected chi connectivity index (χ0v) is 19.0. The predicted octanol–water partition coefficient (Wildman–Crippen LogP) is 6.92. The topological polar surface area (TPSA) is 63.6 Å². The Labute approximate surface area is 178 Å². The van der Waals surface area contributed by atoms with Gasteiger partial charge >= 0.3 is 11.9 Å². The first-order valence-electron chi connectivity index (χ1n) is 12.1. The molecule has 0 aromatic rings. The lowest BCUT2D eigenvalue weighted by molar-refractivity contribution is -0.161. The Bertz CT molecular complexity index is 483. The van der Waals surface area contributed by atoms with E-state index in [2.05, 4.69) is 20.8 Å². The Balaban J connectivity index is 2.32.